The molecule has 0 radical (unpaired) electrons. The highest BCUT2D eigenvalue weighted by molar-refractivity contribution is 5.82. The van der Waals surface area contributed by atoms with Crippen LogP contribution in [0.1, 0.15) is 19.3 Å². The Kier molecular flexibility index (Phi) is 3.90. The lowest BCUT2D eigenvalue weighted by Gasteiger charge is -2.26. The maximum Gasteiger partial charge on any atom is 0.326 e. The SMILES string of the molecule is CN(C(=N)N)C(CC1CCCO1)C(=O)O. The summed E-state index contributed by atoms with van der Waals surface area (Å²) in [5.41, 5.74) is 5.25. The molecule has 0 aromatic heterocycles. The number of carbonyl (C=O) groups is 1. The lowest BCUT2D eigenvalue weighted by molar-refractivity contribution is -0.142. The topological polar surface area (TPSA) is 99.6 Å². The minimum Gasteiger partial charge on any atom is -0.480 e. The predicted octanol–water partition coefficient (Wildman–Crippen LogP) is -0.166. The molecular weight excluding hydrogens is 198 g/mol. The Balaban J connectivity index is 2.57. The fourth-order valence-electron chi connectivity index (χ4n) is 1.67. The molecule has 1 aliphatic heterocycles. The molecule has 0 saturated carbocycles. The monoisotopic (exact) mass is 215 g/mol. The zero-order valence-corrected chi connectivity index (χ0v) is 8.77. The Bertz CT molecular complexity index is 251. The van der Waals surface area contributed by atoms with Crippen molar-refractivity contribution in [2.24, 2.45) is 5.73 Å². The largest absolute Gasteiger partial charge is 0.480 e. The molecule has 0 bridgehead atoms. The molecule has 15 heavy (non-hydrogen) atoms. The number of rotatable bonds is 4. The smallest absolute Gasteiger partial charge is 0.326 e. The van der Waals surface area contributed by atoms with Gasteiger partial charge in [0.1, 0.15) is 6.04 Å². The van der Waals surface area contributed by atoms with Crippen molar-refractivity contribution in [3.63, 3.8) is 0 Å². The second kappa shape index (κ2) is 4.97. The van der Waals surface area contributed by atoms with Crippen LogP contribution in [0, 0.1) is 5.41 Å². The van der Waals surface area contributed by atoms with Crippen LogP contribution in [0.4, 0.5) is 0 Å². The van der Waals surface area contributed by atoms with Gasteiger partial charge in [0.25, 0.3) is 0 Å². The first-order valence-corrected chi connectivity index (χ1v) is 4.93. The first kappa shape index (κ1) is 11.8. The van der Waals surface area contributed by atoms with Crippen LogP contribution < -0.4 is 5.73 Å². The van der Waals surface area contributed by atoms with Crippen molar-refractivity contribution in [2.75, 3.05) is 13.7 Å². The predicted molar refractivity (Wildman–Crippen MR) is 54.7 cm³/mol. The first-order chi connectivity index (χ1) is 7.02. The molecule has 1 fully saturated rings. The molecule has 0 aromatic rings. The van der Waals surface area contributed by atoms with Crippen molar-refractivity contribution in [2.45, 2.75) is 31.4 Å². The number of hydrogen-bond donors (Lipinski definition) is 3. The standard InChI is InChI=1S/C9H17N3O3/c1-12(9(10)11)7(8(13)14)5-6-3-2-4-15-6/h6-7H,2-5H2,1H3,(H3,10,11)(H,13,14). The molecule has 2 unspecified atom stereocenters. The molecule has 86 valence electrons. The van der Waals surface area contributed by atoms with E-state index in [9.17, 15) is 4.79 Å². The average Bonchev–Trinajstić information content (AvgIpc) is 2.64. The zero-order valence-electron chi connectivity index (χ0n) is 8.77. The minimum atomic E-state index is -0.969. The van der Waals surface area contributed by atoms with Crippen molar-refractivity contribution >= 4 is 11.9 Å². The van der Waals surface area contributed by atoms with Crippen LogP contribution in [-0.2, 0) is 9.53 Å². The fourth-order valence-corrected chi connectivity index (χ4v) is 1.67. The Morgan fingerprint density at radius 2 is 2.47 bits per heavy atom. The third-order valence-electron chi connectivity index (χ3n) is 2.64. The van der Waals surface area contributed by atoms with Crippen molar-refractivity contribution in [1.29, 1.82) is 5.41 Å². The van der Waals surface area contributed by atoms with Gasteiger partial charge in [-0.25, -0.2) is 4.79 Å². The van der Waals surface area contributed by atoms with Crippen LogP contribution >= 0.6 is 0 Å². The summed E-state index contributed by atoms with van der Waals surface area (Å²) in [5.74, 6) is -1.21. The van der Waals surface area contributed by atoms with Crippen LogP contribution in [-0.4, -0.2) is 47.7 Å². The van der Waals surface area contributed by atoms with Crippen LogP contribution in [0.25, 0.3) is 0 Å². The van der Waals surface area contributed by atoms with E-state index in [-0.39, 0.29) is 12.1 Å². The van der Waals surface area contributed by atoms with E-state index in [0.717, 1.165) is 12.8 Å². The second-order valence-electron chi connectivity index (χ2n) is 3.72. The van der Waals surface area contributed by atoms with E-state index in [1.807, 2.05) is 0 Å². The third kappa shape index (κ3) is 3.09. The number of nitrogens with two attached hydrogens (primary N) is 1. The van der Waals surface area contributed by atoms with Gasteiger partial charge in [-0.1, -0.05) is 0 Å². The van der Waals surface area contributed by atoms with Crippen molar-refractivity contribution in [1.82, 2.24) is 4.90 Å². The second-order valence-corrected chi connectivity index (χ2v) is 3.72. The van der Waals surface area contributed by atoms with E-state index in [1.165, 1.54) is 11.9 Å². The summed E-state index contributed by atoms with van der Waals surface area (Å²) in [6.45, 7) is 0.695. The highest BCUT2D eigenvalue weighted by atomic mass is 16.5. The summed E-state index contributed by atoms with van der Waals surface area (Å²) in [4.78, 5) is 12.2. The van der Waals surface area contributed by atoms with E-state index in [2.05, 4.69) is 0 Å². The number of carboxylic acid groups (broad SMARTS) is 1. The number of nitrogens with one attached hydrogen (secondary N) is 1. The van der Waals surface area contributed by atoms with Gasteiger partial charge in [0.05, 0.1) is 6.10 Å². The van der Waals surface area contributed by atoms with Crippen molar-refractivity contribution < 1.29 is 14.6 Å². The molecule has 0 aromatic carbocycles. The summed E-state index contributed by atoms with van der Waals surface area (Å²) < 4.78 is 5.36. The number of aliphatic carboxylic acids is 1. The van der Waals surface area contributed by atoms with E-state index >= 15 is 0 Å². The number of ether oxygens (including phenoxy) is 1. The van der Waals surface area contributed by atoms with Crippen LogP contribution in [0.3, 0.4) is 0 Å². The van der Waals surface area contributed by atoms with E-state index < -0.39 is 12.0 Å². The lowest BCUT2D eigenvalue weighted by Crippen LogP contribution is -2.47. The third-order valence-corrected chi connectivity index (χ3v) is 2.64. The molecule has 1 rings (SSSR count). The number of carboxylic acids is 1. The molecule has 0 aliphatic carbocycles. The summed E-state index contributed by atoms with van der Waals surface area (Å²) in [7, 11) is 1.51. The summed E-state index contributed by atoms with van der Waals surface area (Å²) in [6.07, 6.45) is 2.22. The van der Waals surface area contributed by atoms with Crippen LogP contribution in [0.2, 0.25) is 0 Å². The van der Waals surface area contributed by atoms with Crippen LogP contribution in [0.5, 0.6) is 0 Å². The van der Waals surface area contributed by atoms with Gasteiger partial charge in [-0.2, -0.15) is 0 Å². The molecule has 0 amide bonds. The van der Waals surface area contributed by atoms with Gasteiger partial charge in [0, 0.05) is 20.1 Å². The average molecular weight is 215 g/mol. The molecule has 1 heterocycles. The zero-order chi connectivity index (χ0) is 11.4. The molecule has 0 spiro atoms. The van der Waals surface area contributed by atoms with Gasteiger partial charge in [0.15, 0.2) is 5.96 Å². The summed E-state index contributed by atoms with van der Waals surface area (Å²) in [6, 6.07) is -0.773. The summed E-state index contributed by atoms with van der Waals surface area (Å²) in [5, 5.41) is 16.2. The molecule has 1 saturated heterocycles. The Morgan fingerprint density at radius 1 is 1.80 bits per heavy atom. The molecule has 6 heteroatoms. The number of guanidine groups is 1. The van der Waals surface area contributed by atoms with E-state index in [4.69, 9.17) is 21.0 Å². The Hall–Kier alpha value is -1.30. The maximum absolute atomic E-state index is 11.0. The van der Waals surface area contributed by atoms with E-state index in [1.54, 1.807) is 0 Å². The van der Waals surface area contributed by atoms with Crippen molar-refractivity contribution in [3.05, 3.63) is 0 Å². The van der Waals surface area contributed by atoms with Gasteiger partial charge in [0.2, 0.25) is 0 Å². The fraction of sp³-hybridized carbons (Fsp3) is 0.778. The number of nitrogens with zero attached hydrogens (tertiary/aromatic N) is 1. The van der Waals surface area contributed by atoms with Crippen molar-refractivity contribution in [3.8, 4) is 0 Å². The normalized spacial score (nSPS) is 22.3. The Labute approximate surface area is 88.5 Å². The molecule has 1 aliphatic rings. The lowest BCUT2D eigenvalue weighted by atomic mass is 10.1. The van der Waals surface area contributed by atoms with Gasteiger partial charge in [-0.15, -0.1) is 0 Å². The molecule has 4 N–H and O–H groups in total. The summed E-state index contributed by atoms with van der Waals surface area (Å²) >= 11 is 0. The minimum absolute atomic E-state index is 0.0205. The van der Waals surface area contributed by atoms with E-state index in [0.29, 0.717) is 13.0 Å². The molecule has 2 atom stereocenters. The first-order valence-electron chi connectivity index (χ1n) is 4.93. The Morgan fingerprint density at radius 3 is 2.87 bits per heavy atom. The van der Waals surface area contributed by atoms with Gasteiger partial charge < -0.3 is 20.5 Å². The van der Waals surface area contributed by atoms with Gasteiger partial charge >= 0.3 is 5.97 Å². The van der Waals surface area contributed by atoms with Gasteiger partial charge in [-0.05, 0) is 12.8 Å². The molecular formula is C9H17N3O3. The number of likely N-dealkylation sites (N-methyl/N-ethyl adjacent to an activating group) is 1. The molecule has 6 nitrogen and oxygen atoms in total. The quantitative estimate of drug-likeness (QED) is 0.446. The van der Waals surface area contributed by atoms with Crippen LogP contribution in [0.15, 0.2) is 0 Å². The number of hydrogen-bond acceptors (Lipinski definition) is 3. The van der Waals surface area contributed by atoms with Gasteiger partial charge in [-0.3, -0.25) is 5.41 Å². The maximum atomic E-state index is 11.0. The highest BCUT2D eigenvalue weighted by Gasteiger charge is 2.29. The highest BCUT2D eigenvalue weighted by Crippen LogP contribution is 2.19.